The van der Waals surface area contributed by atoms with Gasteiger partial charge in [0.15, 0.2) is 0 Å². The first kappa shape index (κ1) is 16.7. The minimum absolute atomic E-state index is 0.00391. The predicted molar refractivity (Wildman–Crippen MR) is 79.3 cm³/mol. The average Bonchev–Trinajstić information content (AvgIpc) is 2.44. The van der Waals surface area contributed by atoms with E-state index in [0.29, 0.717) is 13.0 Å². The van der Waals surface area contributed by atoms with Crippen molar-refractivity contribution in [2.24, 2.45) is 5.92 Å². The molecule has 20 heavy (non-hydrogen) atoms. The van der Waals surface area contributed by atoms with Crippen molar-refractivity contribution < 1.29 is 14.6 Å². The molecule has 1 aromatic rings. The van der Waals surface area contributed by atoms with Crippen LogP contribution in [-0.2, 0) is 9.53 Å². The Morgan fingerprint density at radius 1 is 1.30 bits per heavy atom. The maximum atomic E-state index is 11.6. The molecule has 0 aromatic heterocycles. The second-order valence-corrected chi connectivity index (χ2v) is 5.17. The number of benzene rings is 1. The maximum Gasteiger partial charge on any atom is 0.307 e. The van der Waals surface area contributed by atoms with E-state index < -0.39 is 0 Å². The van der Waals surface area contributed by atoms with E-state index in [1.165, 1.54) is 0 Å². The van der Waals surface area contributed by atoms with E-state index in [9.17, 15) is 9.90 Å². The van der Waals surface area contributed by atoms with Gasteiger partial charge in [-0.2, -0.15) is 0 Å². The normalized spacial score (nSPS) is 14.1. The summed E-state index contributed by atoms with van der Waals surface area (Å²) in [6.45, 7) is 6.30. The van der Waals surface area contributed by atoms with Gasteiger partial charge in [0.2, 0.25) is 0 Å². The first-order valence-electron chi connectivity index (χ1n) is 7.16. The summed E-state index contributed by atoms with van der Waals surface area (Å²) >= 11 is 0. The van der Waals surface area contributed by atoms with Gasteiger partial charge in [0.25, 0.3) is 0 Å². The van der Waals surface area contributed by atoms with Crippen LogP contribution in [0.2, 0.25) is 0 Å². The van der Waals surface area contributed by atoms with E-state index in [4.69, 9.17) is 4.74 Å². The zero-order valence-electron chi connectivity index (χ0n) is 12.5. The summed E-state index contributed by atoms with van der Waals surface area (Å²) < 4.78 is 5.00. The Labute approximate surface area is 121 Å². The lowest BCUT2D eigenvalue weighted by Gasteiger charge is -2.27. The largest absolute Gasteiger partial charge is 0.466 e. The first-order valence-corrected chi connectivity index (χ1v) is 7.16. The molecule has 0 saturated carbocycles. The monoisotopic (exact) mass is 279 g/mol. The van der Waals surface area contributed by atoms with Crippen LogP contribution in [-0.4, -0.2) is 30.3 Å². The molecule has 1 aromatic carbocycles. The number of carbonyl (C=O) groups is 1. The number of rotatable bonds is 8. The van der Waals surface area contributed by atoms with Crippen molar-refractivity contribution in [1.82, 2.24) is 5.32 Å². The average molecular weight is 279 g/mol. The molecule has 0 heterocycles. The molecular weight excluding hydrogens is 254 g/mol. The fourth-order valence-electron chi connectivity index (χ4n) is 2.08. The van der Waals surface area contributed by atoms with Gasteiger partial charge in [0.05, 0.1) is 25.7 Å². The lowest BCUT2D eigenvalue weighted by molar-refractivity contribution is -0.144. The van der Waals surface area contributed by atoms with Gasteiger partial charge in [-0.25, -0.2) is 0 Å². The summed E-state index contributed by atoms with van der Waals surface area (Å²) in [5, 5.41) is 12.9. The van der Waals surface area contributed by atoms with Crippen LogP contribution in [0.5, 0.6) is 0 Å². The van der Waals surface area contributed by atoms with Gasteiger partial charge in [-0.05, 0) is 18.4 Å². The lowest BCUT2D eigenvalue weighted by atomic mass is 9.98. The predicted octanol–water partition coefficient (Wildman–Crippen LogP) is 2.29. The minimum atomic E-state index is -0.205. The number of esters is 1. The smallest absolute Gasteiger partial charge is 0.307 e. The highest BCUT2D eigenvalue weighted by Crippen LogP contribution is 2.17. The first-order chi connectivity index (χ1) is 9.58. The van der Waals surface area contributed by atoms with Crippen molar-refractivity contribution in [3.05, 3.63) is 35.9 Å². The summed E-state index contributed by atoms with van der Waals surface area (Å²) in [7, 11) is 0. The molecule has 0 fully saturated rings. The summed E-state index contributed by atoms with van der Waals surface area (Å²) in [4.78, 5) is 11.6. The van der Waals surface area contributed by atoms with E-state index in [0.717, 1.165) is 5.56 Å². The molecule has 2 N–H and O–H groups in total. The number of hydrogen-bond donors (Lipinski definition) is 2. The summed E-state index contributed by atoms with van der Waals surface area (Å²) in [5.74, 6) is 0.0700. The third-order valence-electron chi connectivity index (χ3n) is 3.30. The molecule has 1 rings (SSSR count). The molecule has 4 heteroatoms. The lowest BCUT2D eigenvalue weighted by Crippen LogP contribution is -2.40. The second kappa shape index (κ2) is 8.72. The fraction of sp³-hybridized carbons (Fsp3) is 0.562. The Morgan fingerprint density at radius 3 is 2.45 bits per heavy atom. The molecule has 4 nitrogen and oxygen atoms in total. The molecule has 0 aliphatic carbocycles. The quantitative estimate of drug-likeness (QED) is 0.717. The molecule has 0 spiro atoms. The standard InChI is InChI=1S/C16H25NO3/c1-4-20-16(19)10-14(12(2)3)17-15(11-18)13-8-6-5-7-9-13/h5-9,12,14-15,17-18H,4,10-11H2,1-3H3/t14-,15+/m1/s1. The van der Waals surface area contributed by atoms with Gasteiger partial charge in [-0.1, -0.05) is 44.2 Å². The van der Waals surface area contributed by atoms with E-state index >= 15 is 0 Å². The Bertz CT molecular complexity index is 392. The van der Waals surface area contributed by atoms with Gasteiger partial charge in [-0.3, -0.25) is 4.79 Å². The third kappa shape index (κ3) is 5.31. The molecule has 0 saturated heterocycles. The number of nitrogens with one attached hydrogen (secondary N) is 1. The van der Waals surface area contributed by atoms with Crippen LogP contribution in [0.25, 0.3) is 0 Å². The van der Waals surface area contributed by atoms with E-state index in [-0.39, 0.29) is 30.6 Å². The number of hydrogen-bond acceptors (Lipinski definition) is 4. The highest BCUT2D eigenvalue weighted by atomic mass is 16.5. The molecule has 0 amide bonds. The molecular formula is C16H25NO3. The van der Waals surface area contributed by atoms with Gasteiger partial charge >= 0.3 is 5.97 Å². The topological polar surface area (TPSA) is 58.6 Å². The summed E-state index contributed by atoms with van der Waals surface area (Å²) in [5.41, 5.74) is 1.02. The zero-order chi connectivity index (χ0) is 15.0. The third-order valence-corrected chi connectivity index (χ3v) is 3.30. The molecule has 112 valence electrons. The van der Waals surface area contributed by atoms with E-state index in [1.807, 2.05) is 30.3 Å². The van der Waals surface area contributed by atoms with Gasteiger partial charge in [-0.15, -0.1) is 0 Å². The molecule has 2 atom stereocenters. The highest BCUT2D eigenvalue weighted by molar-refractivity contribution is 5.70. The van der Waals surface area contributed by atoms with Crippen molar-refractivity contribution in [1.29, 1.82) is 0 Å². The van der Waals surface area contributed by atoms with Gasteiger partial charge < -0.3 is 15.2 Å². The second-order valence-electron chi connectivity index (χ2n) is 5.17. The van der Waals surface area contributed by atoms with Gasteiger partial charge in [0.1, 0.15) is 0 Å². The minimum Gasteiger partial charge on any atom is -0.466 e. The van der Waals surface area contributed by atoms with E-state index in [2.05, 4.69) is 19.2 Å². The Kier molecular flexibility index (Phi) is 7.26. The van der Waals surface area contributed by atoms with Crippen molar-refractivity contribution in [3.8, 4) is 0 Å². The Hall–Kier alpha value is -1.39. The highest BCUT2D eigenvalue weighted by Gasteiger charge is 2.22. The Balaban J connectivity index is 2.70. The number of carbonyl (C=O) groups excluding carboxylic acids is 1. The Morgan fingerprint density at radius 2 is 1.95 bits per heavy atom. The summed E-state index contributed by atoms with van der Waals surface area (Å²) in [6.07, 6.45) is 0.314. The van der Waals surface area contributed by atoms with Crippen LogP contribution in [0.15, 0.2) is 30.3 Å². The number of aliphatic hydroxyl groups excluding tert-OH is 1. The van der Waals surface area contributed by atoms with Crippen LogP contribution in [0.4, 0.5) is 0 Å². The summed E-state index contributed by atoms with van der Waals surface area (Å²) in [6, 6.07) is 9.57. The van der Waals surface area contributed by atoms with Crippen LogP contribution >= 0.6 is 0 Å². The van der Waals surface area contributed by atoms with Crippen LogP contribution in [0.3, 0.4) is 0 Å². The van der Waals surface area contributed by atoms with Crippen molar-refractivity contribution >= 4 is 5.97 Å². The molecule has 0 radical (unpaired) electrons. The molecule has 0 aliphatic rings. The fourth-order valence-corrected chi connectivity index (χ4v) is 2.08. The zero-order valence-corrected chi connectivity index (χ0v) is 12.5. The van der Waals surface area contributed by atoms with E-state index in [1.54, 1.807) is 6.92 Å². The van der Waals surface area contributed by atoms with Crippen molar-refractivity contribution in [2.45, 2.75) is 39.3 Å². The molecule has 0 unspecified atom stereocenters. The van der Waals surface area contributed by atoms with Crippen molar-refractivity contribution in [2.75, 3.05) is 13.2 Å². The van der Waals surface area contributed by atoms with Crippen LogP contribution in [0, 0.1) is 5.92 Å². The SMILES string of the molecule is CCOC(=O)C[C@@H](N[C@@H](CO)c1ccccc1)C(C)C. The maximum absolute atomic E-state index is 11.6. The molecule has 0 bridgehead atoms. The number of aliphatic hydroxyl groups is 1. The molecule has 0 aliphatic heterocycles. The van der Waals surface area contributed by atoms with Gasteiger partial charge in [0, 0.05) is 6.04 Å². The van der Waals surface area contributed by atoms with Crippen LogP contribution < -0.4 is 5.32 Å². The number of ether oxygens (including phenoxy) is 1. The van der Waals surface area contributed by atoms with Crippen LogP contribution in [0.1, 0.15) is 38.8 Å². The van der Waals surface area contributed by atoms with Crippen molar-refractivity contribution in [3.63, 3.8) is 0 Å².